The van der Waals surface area contributed by atoms with Gasteiger partial charge in [0.05, 0.1) is 12.9 Å². The zero-order valence-corrected chi connectivity index (χ0v) is 11.9. The minimum absolute atomic E-state index is 0.200. The summed E-state index contributed by atoms with van der Waals surface area (Å²) in [5.41, 5.74) is 0.796. The van der Waals surface area contributed by atoms with E-state index in [2.05, 4.69) is 14.7 Å². The molecule has 0 atom stereocenters. The van der Waals surface area contributed by atoms with Gasteiger partial charge in [-0.15, -0.1) is 0 Å². The number of aromatic nitrogens is 2. The minimum Gasteiger partial charge on any atom is -0.468 e. The van der Waals surface area contributed by atoms with Crippen molar-refractivity contribution in [3.8, 4) is 0 Å². The molecule has 0 saturated heterocycles. The van der Waals surface area contributed by atoms with Crippen molar-refractivity contribution in [2.75, 3.05) is 12.9 Å². The molecule has 0 aromatic carbocycles. The van der Waals surface area contributed by atoms with Gasteiger partial charge in [0.2, 0.25) is 0 Å². The third kappa shape index (κ3) is 3.85. The van der Waals surface area contributed by atoms with Crippen LogP contribution in [0.4, 0.5) is 0 Å². The van der Waals surface area contributed by atoms with E-state index < -0.39 is 0 Å². The second kappa shape index (κ2) is 6.21. The maximum atomic E-state index is 11.1. The van der Waals surface area contributed by atoms with E-state index in [9.17, 15) is 4.79 Å². The Bertz CT molecular complexity index is 424. The third-order valence-corrected chi connectivity index (χ3v) is 3.55. The molecular weight excluding hydrogens is 260 g/mol. The van der Waals surface area contributed by atoms with Crippen molar-refractivity contribution in [1.82, 2.24) is 9.97 Å². The summed E-state index contributed by atoms with van der Waals surface area (Å²) in [5, 5.41) is 1.18. The summed E-state index contributed by atoms with van der Waals surface area (Å²) < 4.78 is 4.58. The first-order valence-electron chi connectivity index (χ1n) is 5.19. The van der Waals surface area contributed by atoms with Crippen molar-refractivity contribution >= 4 is 29.3 Å². The monoisotopic (exact) mass is 274 g/mol. The van der Waals surface area contributed by atoms with Gasteiger partial charge in [-0.1, -0.05) is 37.2 Å². The molecule has 0 N–H and O–H groups in total. The fourth-order valence-corrected chi connectivity index (χ4v) is 2.15. The number of nitrogens with zero attached hydrogens (tertiary/aromatic N) is 2. The zero-order valence-electron chi connectivity index (χ0n) is 10.3. The Morgan fingerprint density at radius 2 is 2.12 bits per heavy atom. The lowest BCUT2D eigenvalue weighted by atomic mass is 10.2. The van der Waals surface area contributed by atoms with Crippen LogP contribution in [-0.2, 0) is 9.53 Å². The van der Waals surface area contributed by atoms with Crippen molar-refractivity contribution in [1.29, 1.82) is 0 Å². The quantitative estimate of drug-likeness (QED) is 0.480. The van der Waals surface area contributed by atoms with Crippen molar-refractivity contribution in [3.63, 3.8) is 0 Å². The lowest BCUT2D eigenvalue weighted by Gasteiger charge is -2.10. The number of thioether (sulfide) groups is 1. The van der Waals surface area contributed by atoms with Crippen LogP contribution >= 0.6 is 23.4 Å². The van der Waals surface area contributed by atoms with Gasteiger partial charge in [0.25, 0.3) is 0 Å². The van der Waals surface area contributed by atoms with E-state index in [4.69, 9.17) is 11.6 Å². The number of hydrogen-bond acceptors (Lipinski definition) is 5. The first-order valence-corrected chi connectivity index (χ1v) is 6.55. The molecule has 1 rings (SSSR count). The summed E-state index contributed by atoms with van der Waals surface area (Å²) in [6, 6.07) is 0. The molecule has 94 valence electrons. The van der Waals surface area contributed by atoms with Gasteiger partial charge in [-0.2, -0.15) is 0 Å². The van der Waals surface area contributed by atoms with Crippen molar-refractivity contribution in [3.05, 3.63) is 16.5 Å². The van der Waals surface area contributed by atoms with Crippen LogP contribution in [0.2, 0.25) is 5.15 Å². The molecule has 0 aliphatic carbocycles. The van der Waals surface area contributed by atoms with Gasteiger partial charge >= 0.3 is 5.97 Å². The number of hydrogen-bond donors (Lipinski definition) is 0. The zero-order chi connectivity index (χ0) is 13.0. The van der Waals surface area contributed by atoms with E-state index in [0.717, 1.165) is 10.6 Å². The van der Waals surface area contributed by atoms with E-state index in [1.165, 1.54) is 18.9 Å². The Morgan fingerprint density at radius 1 is 1.47 bits per heavy atom. The van der Waals surface area contributed by atoms with Gasteiger partial charge in [0, 0.05) is 11.5 Å². The van der Waals surface area contributed by atoms with E-state index >= 15 is 0 Å². The fraction of sp³-hybridized carbons (Fsp3) is 0.545. The summed E-state index contributed by atoms with van der Waals surface area (Å²) >= 11 is 7.35. The highest BCUT2D eigenvalue weighted by atomic mass is 35.5. The number of carbonyl (C=O) groups is 1. The van der Waals surface area contributed by atoms with E-state index in [0.29, 0.717) is 11.0 Å². The Balaban J connectivity index is 2.93. The van der Waals surface area contributed by atoms with Gasteiger partial charge in [-0.05, 0) is 6.92 Å². The molecule has 0 amide bonds. The summed E-state index contributed by atoms with van der Waals surface area (Å²) in [4.78, 5) is 19.7. The smallest absolute Gasteiger partial charge is 0.316 e. The number of ether oxygens (including phenoxy) is 1. The summed E-state index contributed by atoms with van der Waals surface area (Å²) in [7, 11) is 1.36. The Labute approximate surface area is 110 Å². The van der Waals surface area contributed by atoms with Gasteiger partial charge in [-0.25, -0.2) is 9.97 Å². The standard InChI is InChI=1S/C11H15ClN2O2S/c1-6(2)10-13-9(12)7(3)11(14-10)17-5-8(15)16-4/h6H,5H2,1-4H3. The topological polar surface area (TPSA) is 52.1 Å². The molecule has 17 heavy (non-hydrogen) atoms. The molecule has 1 heterocycles. The SMILES string of the molecule is COC(=O)CSc1nc(C(C)C)nc(Cl)c1C. The summed E-state index contributed by atoms with van der Waals surface area (Å²) in [6.07, 6.45) is 0. The van der Waals surface area contributed by atoms with Crippen molar-refractivity contribution in [2.24, 2.45) is 0 Å². The lowest BCUT2D eigenvalue weighted by molar-refractivity contribution is -0.137. The number of rotatable bonds is 4. The first-order chi connectivity index (χ1) is 7.95. The minimum atomic E-state index is -0.282. The molecule has 0 spiro atoms. The number of esters is 1. The van der Waals surface area contributed by atoms with E-state index in [1.54, 1.807) is 0 Å². The predicted molar refractivity (Wildman–Crippen MR) is 68.6 cm³/mol. The Morgan fingerprint density at radius 3 is 2.65 bits per heavy atom. The second-order valence-corrected chi connectivity index (χ2v) is 5.14. The molecule has 1 aromatic heterocycles. The molecule has 0 radical (unpaired) electrons. The van der Waals surface area contributed by atoms with Crippen LogP contribution in [-0.4, -0.2) is 28.8 Å². The molecular formula is C11H15ClN2O2S. The Kier molecular flexibility index (Phi) is 5.21. The average molecular weight is 275 g/mol. The Hall–Kier alpha value is -0.810. The third-order valence-electron chi connectivity index (χ3n) is 2.13. The fourth-order valence-electron chi connectivity index (χ4n) is 1.07. The molecule has 0 unspecified atom stereocenters. The molecule has 0 bridgehead atoms. The van der Waals surface area contributed by atoms with Crippen LogP contribution in [0, 0.1) is 6.92 Å². The van der Waals surface area contributed by atoms with Crippen LogP contribution in [0.1, 0.15) is 31.2 Å². The first kappa shape index (κ1) is 14.3. The van der Waals surface area contributed by atoms with Crippen LogP contribution in [0.3, 0.4) is 0 Å². The normalized spacial score (nSPS) is 10.7. The molecule has 0 fully saturated rings. The highest BCUT2D eigenvalue weighted by molar-refractivity contribution is 7.99. The highest BCUT2D eigenvalue weighted by Crippen LogP contribution is 2.26. The number of carbonyl (C=O) groups excluding carboxylic acids is 1. The molecule has 1 aromatic rings. The predicted octanol–water partition coefficient (Wildman–Crippen LogP) is 2.83. The van der Waals surface area contributed by atoms with Crippen molar-refractivity contribution in [2.45, 2.75) is 31.7 Å². The molecule has 0 aliphatic heterocycles. The van der Waals surface area contributed by atoms with Gasteiger partial charge in [0.15, 0.2) is 0 Å². The largest absolute Gasteiger partial charge is 0.468 e. The second-order valence-electron chi connectivity index (χ2n) is 3.82. The van der Waals surface area contributed by atoms with Gasteiger partial charge < -0.3 is 4.74 Å². The van der Waals surface area contributed by atoms with Crippen LogP contribution in [0.25, 0.3) is 0 Å². The average Bonchev–Trinajstić information content (AvgIpc) is 2.30. The number of methoxy groups -OCH3 is 1. The molecule has 0 saturated carbocycles. The van der Waals surface area contributed by atoms with E-state index in [-0.39, 0.29) is 17.6 Å². The van der Waals surface area contributed by atoms with Crippen LogP contribution < -0.4 is 0 Å². The van der Waals surface area contributed by atoms with Crippen LogP contribution in [0.5, 0.6) is 0 Å². The lowest BCUT2D eigenvalue weighted by Crippen LogP contribution is -2.06. The van der Waals surface area contributed by atoms with E-state index in [1.807, 2.05) is 20.8 Å². The van der Waals surface area contributed by atoms with Crippen molar-refractivity contribution < 1.29 is 9.53 Å². The molecule has 4 nitrogen and oxygen atoms in total. The highest BCUT2D eigenvalue weighted by Gasteiger charge is 2.13. The summed E-state index contributed by atoms with van der Waals surface area (Å²) in [6.45, 7) is 5.83. The van der Waals surface area contributed by atoms with Gasteiger partial charge in [0.1, 0.15) is 16.0 Å². The van der Waals surface area contributed by atoms with Crippen LogP contribution in [0.15, 0.2) is 5.03 Å². The molecule has 0 aliphatic rings. The molecule has 6 heteroatoms. The number of halogens is 1. The van der Waals surface area contributed by atoms with Gasteiger partial charge in [-0.3, -0.25) is 4.79 Å². The summed E-state index contributed by atoms with van der Waals surface area (Å²) in [5.74, 6) is 0.830. The maximum Gasteiger partial charge on any atom is 0.316 e. The maximum absolute atomic E-state index is 11.1.